The molecule has 1 unspecified atom stereocenters. The SMILES string of the molecule is NCOCCOCCOCCn1cc(CNc2cc3c(cc2NCC(=O)NCc2ccccc2)C(=O)N(C2CCC(=O)NC2=O)C3)nn1. The summed E-state index contributed by atoms with van der Waals surface area (Å²) in [5.41, 5.74) is 9.25. The fraction of sp³-hybridized carbons (Fsp3) is 0.438. The zero-order valence-electron chi connectivity index (χ0n) is 26.6. The van der Waals surface area contributed by atoms with Crippen LogP contribution >= 0.6 is 0 Å². The third-order valence-corrected chi connectivity index (χ3v) is 7.81. The number of imide groups is 1. The summed E-state index contributed by atoms with van der Waals surface area (Å²) in [6.07, 6.45) is 2.24. The summed E-state index contributed by atoms with van der Waals surface area (Å²) in [4.78, 5) is 51.9. The van der Waals surface area contributed by atoms with Crippen LogP contribution in [-0.2, 0) is 54.8 Å². The van der Waals surface area contributed by atoms with E-state index in [1.807, 2.05) is 42.6 Å². The molecule has 1 atom stereocenters. The molecular weight excluding hydrogens is 622 g/mol. The number of hydrogen-bond acceptors (Lipinski definition) is 12. The molecule has 16 heteroatoms. The van der Waals surface area contributed by atoms with Gasteiger partial charge in [0.05, 0.1) is 77.0 Å². The first-order chi connectivity index (χ1) is 23.4. The van der Waals surface area contributed by atoms with Gasteiger partial charge in [-0.1, -0.05) is 35.5 Å². The fourth-order valence-electron chi connectivity index (χ4n) is 5.34. The van der Waals surface area contributed by atoms with Crippen molar-refractivity contribution in [1.82, 2.24) is 30.5 Å². The Labute approximate surface area is 277 Å². The first-order valence-electron chi connectivity index (χ1n) is 15.8. The topological polar surface area (TPSA) is 204 Å². The molecule has 3 heterocycles. The summed E-state index contributed by atoms with van der Waals surface area (Å²) >= 11 is 0. The second-order valence-electron chi connectivity index (χ2n) is 11.2. The van der Waals surface area contributed by atoms with Gasteiger partial charge in [0.15, 0.2) is 0 Å². The molecule has 0 bridgehead atoms. The lowest BCUT2D eigenvalue weighted by atomic mass is 10.0. The summed E-state index contributed by atoms with van der Waals surface area (Å²) < 4.78 is 17.7. The number of nitrogens with one attached hydrogen (secondary N) is 4. The highest BCUT2D eigenvalue weighted by molar-refractivity contribution is 6.06. The van der Waals surface area contributed by atoms with Crippen LogP contribution in [0.15, 0.2) is 48.7 Å². The average molecular weight is 664 g/mol. The van der Waals surface area contributed by atoms with Gasteiger partial charge in [-0.05, 0) is 29.7 Å². The van der Waals surface area contributed by atoms with Gasteiger partial charge in [-0.15, -0.1) is 5.10 Å². The third-order valence-electron chi connectivity index (χ3n) is 7.81. The molecule has 3 aromatic rings. The van der Waals surface area contributed by atoms with Crippen molar-refractivity contribution in [3.05, 3.63) is 71.0 Å². The quantitative estimate of drug-likeness (QED) is 0.0670. The van der Waals surface area contributed by atoms with E-state index in [1.165, 1.54) is 4.90 Å². The number of carbonyl (C=O) groups is 4. The molecule has 256 valence electrons. The van der Waals surface area contributed by atoms with Crippen LogP contribution in [0.3, 0.4) is 0 Å². The summed E-state index contributed by atoms with van der Waals surface area (Å²) in [5, 5.41) is 20.1. The number of carbonyl (C=O) groups excluding carboxylic acids is 4. The van der Waals surface area contributed by atoms with Crippen molar-refractivity contribution < 1.29 is 33.4 Å². The Morgan fingerprint density at radius 2 is 1.71 bits per heavy atom. The van der Waals surface area contributed by atoms with E-state index >= 15 is 0 Å². The number of nitrogens with two attached hydrogens (primary N) is 1. The van der Waals surface area contributed by atoms with Crippen LogP contribution in [0, 0.1) is 0 Å². The van der Waals surface area contributed by atoms with Crippen molar-refractivity contribution in [2.75, 3.05) is 56.9 Å². The standard InChI is InChI=1S/C32H41N9O7/c33-21-48-13-12-47-11-10-46-9-8-40-20-24(38-39-40)17-34-26-14-23-19-41(28-6-7-29(42)37-31(28)44)32(45)25(23)15-27(26)35-18-30(43)36-16-22-4-2-1-3-5-22/h1-5,14-15,20,28,34-35H,6-13,16-19,21,33H2,(H,36,43)(H,37,42,44). The monoisotopic (exact) mass is 663 g/mol. The zero-order chi connectivity index (χ0) is 33.7. The van der Waals surface area contributed by atoms with E-state index in [0.29, 0.717) is 75.3 Å². The predicted molar refractivity (Wildman–Crippen MR) is 173 cm³/mol. The molecule has 2 aliphatic rings. The van der Waals surface area contributed by atoms with E-state index in [0.717, 1.165) is 11.1 Å². The number of hydrogen-bond donors (Lipinski definition) is 5. The molecule has 2 aliphatic heterocycles. The zero-order valence-corrected chi connectivity index (χ0v) is 26.6. The number of rotatable bonds is 19. The van der Waals surface area contributed by atoms with Gasteiger partial charge in [0.2, 0.25) is 17.7 Å². The number of piperidine rings is 1. The number of aromatic nitrogens is 3. The van der Waals surface area contributed by atoms with Crippen molar-refractivity contribution in [3.8, 4) is 0 Å². The lowest BCUT2D eigenvalue weighted by Gasteiger charge is -2.29. The van der Waals surface area contributed by atoms with Gasteiger partial charge in [0.25, 0.3) is 5.91 Å². The average Bonchev–Trinajstić information content (AvgIpc) is 3.68. The second-order valence-corrected chi connectivity index (χ2v) is 11.2. The molecule has 5 rings (SSSR count). The van der Waals surface area contributed by atoms with Crippen LogP contribution in [0.5, 0.6) is 0 Å². The Bertz CT molecular complexity index is 1570. The lowest BCUT2D eigenvalue weighted by Crippen LogP contribution is -2.52. The van der Waals surface area contributed by atoms with E-state index in [-0.39, 0.29) is 50.4 Å². The van der Waals surface area contributed by atoms with Crippen molar-refractivity contribution in [2.24, 2.45) is 5.73 Å². The van der Waals surface area contributed by atoms with Crippen LogP contribution in [0.2, 0.25) is 0 Å². The highest BCUT2D eigenvalue weighted by Gasteiger charge is 2.39. The minimum Gasteiger partial charge on any atom is -0.378 e. The molecule has 1 aromatic heterocycles. The van der Waals surface area contributed by atoms with Crippen LogP contribution < -0.4 is 27.0 Å². The molecule has 0 radical (unpaired) electrons. The smallest absolute Gasteiger partial charge is 0.255 e. The van der Waals surface area contributed by atoms with Crippen LogP contribution in [-0.4, -0.2) is 95.9 Å². The van der Waals surface area contributed by atoms with E-state index in [1.54, 1.807) is 10.7 Å². The summed E-state index contributed by atoms with van der Waals surface area (Å²) in [5.74, 6) is -1.35. The molecule has 0 saturated carbocycles. The van der Waals surface area contributed by atoms with Crippen molar-refractivity contribution >= 4 is 35.0 Å². The van der Waals surface area contributed by atoms with Crippen LogP contribution in [0.4, 0.5) is 11.4 Å². The Morgan fingerprint density at radius 1 is 0.958 bits per heavy atom. The van der Waals surface area contributed by atoms with Gasteiger partial charge >= 0.3 is 0 Å². The van der Waals surface area contributed by atoms with Crippen molar-refractivity contribution in [1.29, 1.82) is 0 Å². The van der Waals surface area contributed by atoms with E-state index in [9.17, 15) is 19.2 Å². The third kappa shape index (κ3) is 9.57. The minimum atomic E-state index is -0.735. The van der Waals surface area contributed by atoms with E-state index in [2.05, 4.69) is 31.6 Å². The number of amides is 4. The maximum atomic E-state index is 13.5. The van der Waals surface area contributed by atoms with Crippen LogP contribution in [0.1, 0.15) is 40.0 Å². The molecule has 1 fully saturated rings. The number of ether oxygens (including phenoxy) is 3. The summed E-state index contributed by atoms with van der Waals surface area (Å²) in [6, 6.07) is 12.4. The lowest BCUT2D eigenvalue weighted by molar-refractivity contribution is -0.137. The van der Waals surface area contributed by atoms with E-state index in [4.69, 9.17) is 19.9 Å². The number of benzene rings is 2. The first-order valence-corrected chi connectivity index (χ1v) is 15.8. The minimum absolute atomic E-state index is 0.0337. The van der Waals surface area contributed by atoms with Crippen molar-refractivity contribution in [2.45, 2.75) is 45.1 Å². The second kappa shape index (κ2) is 17.3. The molecular formula is C32H41N9O7. The molecule has 0 spiro atoms. The molecule has 48 heavy (non-hydrogen) atoms. The maximum Gasteiger partial charge on any atom is 0.255 e. The molecule has 4 amide bonds. The number of fused-ring (bicyclic) bond motifs is 1. The Balaban J connectivity index is 1.19. The van der Waals surface area contributed by atoms with Gasteiger partial charge in [-0.3, -0.25) is 24.5 Å². The van der Waals surface area contributed by atoms with Gasteiger partial charge in [0.1, 0.15) is 11.7 Å². The van der Waals surface area contributed by atoms with Crippen LogP contribution in [0.25, 0.3) is 0 Å². The normalized spacial score (nSPS) is 15.7. The Hall–Kier alpha value is -4.90. The first kappa shape index (κ1) is 34.4. The van der Waals surface area contributed by atoms with Crippen molar-refractivity contribution in [3.63, 3.8) is 0 Å². The van der Waals surface area contributed by atoms with E-state index < -0.39 is 11.9 Å². The predicted octanol–water partition coefficient (Wildman–Crippen LogP) is 0.346. The molecule has 0 aliphatic carbocycles. The molecule has 6 N–H and O–H groups in total. The number of anilines is 2. The molecule has 2 aromatic carbocycles. The largest absolute Gasteiger partial charge is 0.378 e. The van der Waals surface area contributed by atoms with Gasteiger partial charge in [-0.2, -0.15) is 0 Å². The molecule has 16 nitrogen and oxygen atoms in total. The van der Waals surface area contributed by atoms with Gasteiger partial charge in [0, 0.05) is 25.1 Å². The van der Waals surface area contributed by atoms with Gasteiger partial charge in [-0.25, -0.2) is 4.68 Å². The fourth-order valence-corrected chi connectivity index (χ4v) is 5.34. The number of nitrogens with zero attached hydrogens (tertiary/aromatic N) is 4. The Kier molecular flexibility index (Phi) is 12.4. The highest BCUT2D eigenvalue weighted by atomic mass is 16.5. The Morgan fingerprint density at radius 3 is 2.48 bits per heavy atom. The van der Waals surface area contributed by atoms with Gasteiger partial charge < -0.3 is 40.8 Å². The maximum absolute atomic E-state index is 13.5. The molecule has 1 saturated heterocycles. The summed E-state index contributed by atoms with van der Waals surface area (Å²) in [7, 11) is 0. The highest BCUT2D eigenvalue weighted by Crippen LogP contribution is 2.34. The summed E-state index contributed by atoms with van der Waals surface area (Å²) in [6.45, 7) is 3.78.